The molecule has 12 rings (SSSR count). The van der Waals surface area contributed by atoms with Gasteiger partial charge in [0.1, 0.15) is 37.0 Å². The lowest BCUT2D eigenvalue weighted by molar-refractivity contribution is -0.149. The number of aliphatic hydroxyl groups is 2. The number of hydrogen-bond donors (Lipinski definition) is 7. The van der Waals surface area contributed by atoms with Gasteiger partial charge >= 0.3 is 5.97 Å². The Morgan fingerprint density at radius 3 is 2.58 bits per heavy atom. The van der Waals surface area contributed by atoms with Gasteiger partial charge in [0.25, 0.3) is 0 Å². The van der Waals surface area contributed by atoms with Gasteiger partial charge in [-0.05, 0) is 169 Å². The number of carbonyl (C=O) groups excluding carboxylic acids is 3. The second-order valence-corrected chi connectivity index (χ2v) is 22.9. The molecule has 3 aromatic heterocycles. The number of fused-ring (bicyclic) bond motifs is 10. The minimum absolute atomic E-state index is 0.000373. The minimum atomic E-state index is -0.813. The number of aromatic hydroxyl groups is 3. The number of esters is 1. The molecule has 0 amide bonds. The fourth-order valence-electron chi connectivity index (χ4n) is 15.4. The van der Waals surface area contributed by atoms with Crippen molar-refractivity contribution in [3.63, 3.8) is 0 Å². The molecule has 408 valence electrons. The van der Waals surface area contributed by atoms with E-state index in [-0.39, 0.29) is 103 Å². The number of H-pyrrole nitrogens is 2. The van der Waals surface area contributed by atoms with Gasteiger partial charge in [-0.15, -0.1) is 0 Å². The summed E-state index contributed by atoms with van der Waals surface area (Å²) in [7, 11) is 1.53. The van der Waals surface area contributed by atoms with E-state index in [2.05, 4.69) is 50.7 Å². The van der Waals surface area contributed by atoms with Crippen LogP contribution in [0.1, 0.15) is 98.1 Å². The van der Waals surface area contributed by atoms with Crippen molar-refractivity contribution < 1.29 is 54.1 Å². The number of allylic oxidation sites excluding steroid dienone is 1. The van der Waals surface area contributed by atoms with Crippen LogP contribution in [0, 0.1) is 52.8 Å². The number of carbonyl (C=O) groups is 3. The highest BCUT2D eigenvalue weighted by Gasteiger charge is 2.62. The fourth-order valence-corrected chi connectivity index (χ4v) is 15.4. The lowest BCUT2D eigenvalue weighted by Gasteiger charge is -2.58. The summed E-state index contributed by atoms with van der Waals surface area (Å²) in [6.45, 7) is 0.417. The Bertz CT molecular complexity index is 3570. The van der Waals surface area contributed by atoms with Crippen molar-refractivity contribution >= 4 is 45.5 Å². The first-order valence-electron chi connectivity index (χ1n) is 28.0. The standard InChI is InChI=1S/C65H67N3O11/c1-77-60-31-50-49(30-59(60)75)52-26-40-34-65(33-38(23-41(65)36-70)35-68-56-19-20-66-55(56)32-57(68)39-7-6-8-42(71)25-39)53-29-43(72)15-17-48(53)63(40)51(50)28-44(73)27-45(16-13-37-14-18-58(74)61(24-37)78-22-21-69)79-62(76)12-5-3-10-47-46-9-2-4-11-54(46)67-64(47)52/h2,4,6-9,11,14,18-20,24-26,30-32,36,38,40-41,43,45,48,51,53,63,66-67,69,71-72,74-75H,10,12-13,15-17,21-23,27-29,33-35H2,1H3. The molecule has 0 radical (unpaired) electrons. The van der Waals surface area contributed by atoms with Crippen LogP contribution < -0.4 is 9.47 Å². The van der Waals surface area contributed by atoms with Gasteiger partial charge in [0.2, 0.25) is 0 Å². The Kier molecular flexibility index (Phi) is 14.1. The second-order valence-electron chi connectivity index (χ2n) is 22.9. The Hall–Kier alpha value is -7.73. The number of methoxy groups -OCH3 is 1. The molecule has 79 heavy (non-hydrogen) atoms. The molecule has 4 heterocycles. The minimum Gasteiger partial charge on any atom is -0.508 e. The van der Waals surface area contributed by atoms with E-state index in [1.165, 1.54) is 19.5 Å². The lowest BCUT2D eigenvalue weighted by Crippen LogP contribution is -2.53. The monoisotopic (exact) mass is 1070 g/mol. The number of aromatic amines is 2. The molecule has 1 spiro atoms. The molecule has 4 aliphatic carbocycles. The topological polar surface area (TPSA) is 217 Å². The number of nitrogens with one attached hydrogen (secondary N) is 2. The molecule has 3 fully saturated rings. The van der Waals surface area contributed by atoms with Crippen molar-refractivity contribution in [2.75, 3.05) is 20.3 Å². The number of aryl methyl sites for hydroxylation is 1. The molecular formula is C65H67N3O11. The molecule has 4 aromatic carbocycles. The summed E-state index contributed by atoms with van der Waals surface area (Å²) in [5, 5.41) is 55.1. The number of benzene rings is 4. The molecule has 3 saturated carbocycles. The summed E-state index contributed by atoms with van der Waals surface area (Å²) >= 11 is 0. The smallest absolute Gasteiger partial charge is 0.318 e. The highest BCUT2D eigenvalue weighted by molar-refractivity contribution is 5.94. The summed E-state index contributed by atoms with van der Waals surface area (Å²) in [4.78, 5) is 50.3. The quantitative estimate of drug-likeness (QED) is 0.0367. The Balaban J connectivity index is 0.989. The van der Waals surface area contributed by atoms with E-state index in [9.17, 15) is 35.1 Å². The number of ether oxygens (including phenoxy) is 3. The number of phenols is 3. The van der Waals surface area contributed by atoms with E-state index < -0.39 is 29.5 Å². The van der Waals surface area contributed by atoms with Gasteiger partial charge in [0.05, 0.1) is 42.2 Å². The van der Waals surface area contributed by atoms with Gasteiger partial charge in [-0.1, -0.05) is 54.3 Å². The number of aromatic nitrogens is 3. The van der Waals surface area contributed by atoms with Crippen molar-refractivity contribution in [1.82, 2.24) is 14.5 Å². The number of para-hydroxylation sites is 1. The van der Waals surface area contributed by atoms with E-state index in [1.54, 1.807) is 30.3 Å². The number of aldehydes is 1. The normalized spacial score (nSPS) is 26.8. The van der Waals surface area contributed by atoms with Crippen LogP contribution >= 0.6 is 0 Å². The van der Waals surface area contributed by atoms with Crippen LogP contribution in [0.3, 0.4) is 0 Å². The molecule has 1 aliphatic heterocycles. The van der Waals surface area contributed by atoms with Gasteiger partial charge in [-0.2, -0.15) is 0 Å². The van der Waals surface area contributed by atoms with E-state index >= 15 is 4.79 Å². The first kappa shape index (κ1) is 52.0. The molecule has 10 unspecified atom stereocenters. The number of Topliss-reactive ketones (excluding diaryl/α,β-unsaturated/α-hetero) is 1. The third-order valence-corrected chi connectivity index (χ3v) is 18.5. The largest absolute Gasteiger partial charge is 0.508 e. The number of cyclic esters (lactones) is 1. The van der Waals surface area contributed by atoms with E-state index in [4.69, 9.17) is 14.2 Å². The highest BCUT2D eigenvalue weighted by atomic mass is 16.5. The zero-order valence-electron chi connectivity index (χ0n) is 44.3. The number of ketones is 1. The lowest BCUT2D eigenvalue weighted by atomic mass is 9.46. The zero-order valence-corrected chi connectivity index (χ0v) is 44.3. The zero-order chi connectivity index (χ0) is 54.5. The maximum Gasteiger partial charge on any atom is 0.318 e. The van der Waals surface area contributed by atoms with Gasteiger partial charge in [-0.3, -0.25) is 9.59 Å². The van der Waals surface area contributed by atoms with Crippen LogP contribution in [-0.2, 0) is 38.5 Å². The third-order valence-electron chi connectivity index (χ3n) is 18.5. The van der Waals surface area contributed by atoms with Crippen molar-refractivity contribution in [1.29, 1.82) is 0 Å². The number of rotatable bonds is 11. The summed E-state index contributed by atoms with van der Waals surface area (Å²) in [5.74, 6) is 5.27. The van der Waals surface area contributed by atoms with Crippen LogP contribution in [0.15, 0.2) is 103 Å². The second kappa shape index (κ2) is 21.5. The molecule has 7 N–H and O–H groups in total. The predicted octanol–water partition coefficient (Wildman–Crippen LogP) is 10.3. The van der Waals surface area contributed by atoms with Gasteiger partial charge < -0.3 is 59.1 Å². The SMILES string of the molecule is COc1cc2c(cc1O)C1=CC3CC4(CC(Cn5c(-c6cccc(O)c6)cc6[nH]ccc65)CC4C=O)C4CC(O)CCC4C3C2CC(=O)CC(CCc2ccc(O)c(OCCO)c2)OC(=O)CC#CCc2c1[nH]c1ccccc21. The first-order valence-corrected chi connectivity index (χ1v) is 28.0. The van der Waals surface area contributed by atoms with E-state index in [1.807, 2.05) is 42.6 Å². The van der Waals surface area contributed by atoms with Gasteiger partial charge in [0.15, 0.2) is 23.0 Å². The number of aliphatic hydroxyl groups excluding tert-OH is 2. The number of nitrogens with zero attached hydrogens (tertiary/aromatic N) is 1. The van der Waals surface area contributed by atoms with Crippen molar-refractivity contribution in [3.8, 4) is 51.8 Å². The Labute approximate surface area is 458 Å². The number of hydrogen-bond acceptors (Lipinski definition) is 11. The number of phenolic OH excluding ortho intramolecular Hbond substituents is 3. The molecule has 0 saturated heterocycles. The average molecular weight is 1070 g/mol. The summed E-state index contributed by atoms with van der Waals surface area (Å²) in [5.41, 5.74) is 9.32. The van der Waals surface area contributed by atoms with Crippen molar-refractivity contribution in [3.05, 3.63) is 131 Å². The third kappa shape index (κ3) is 9.75. The molecule has 2 bridgehead atoms. The Morgan fingerprint density at radius 1 is 0.886 bits per heavy atom. The predicted molar refractivity (Wildman–Crippen MR) is 299 cm³/mol. The summed E-state index contributed by atoms with van der Waals surface area (Å²) < 4.78 is 20.0. The molecule has 14 heteroatoms. The molecule has 10 atom stereocenters. The van der Waals surface area contributed by atoms with Crippen LogP contribution in [0.25, 0.3) is 38.8 Å². The van der Waals surface area contributed by atoms with Crippen molar-refractivity contribution in [2.24, 2.45) is 40.9 Å². The van der Waals surface area contributed by atoms with Crippen LogP contribution in [0.2, 0.25) is 0 Å². The fraction of sp³-hybridized carbons (Fsp3) is 0.400. The van der Waals surface area contributed by atoms with Gasteiger partial charge in [-0.25, -0.2) is 0 Å². The van der Waals surface area contributed by atoms with Crippen LogP contribution in [-0.4, -0.2) is 90.6 Å². The maximum absolute atomic E-state index is 15.3. The molecule has 14 nitrogen and oxygen atoms in total. The van der Waals surface area contributed by atoms with Gasteiger partial charge in [0, 0.05) is 60.0 Å². The molecule has 7 aromatic rings. The summed E-state index contributed by atoms with van der Waals surface area (Å²) in [6.07, 6.45) is 8.79. The molecule has 5 aliphatic rings. The first-order chi connectivity index (χ1) is 38.4. The van der Waals surface area contributed by atoms with E-state index in [0.717, 1.165) is 73.1 Å². The molecular weight excluding hydrogens is 999 g/mol. The maximum atomic E-state index is 15.3. The summed E-state index contributed by atoms with van der Waals surface area (Å²) in [6, 6.07) is 28.2. The highest BCUT2D eigenvalue weighted by Crippen LogP contribution is 2.68. The van der Waals surface area contributed by atoms with Crippen molar-refractivity contribution in [2.45, 2.75) is 102 Å². The van der Waals surface area contributed by atoms with Crippen LogP contribution in [0.4, 0.5) is 0 Å². The Morgan fingerprint density at radius 2 is 1.75 bits per heavy atom. The average Bonchev–Trinajstić information content (AvgIpc) is 4.02. The van der Waals surface area contributed by atoms with Crippen LogP contribution in [0.5, 0.6) is 28.7 Å². The van der Waals surface area contributed by atoms with E-state index in [0.29, 0.717) is 57.9 Å².